The summed E-state index contributed by atoms with van der Waals surface area (Å²) in [4.78, 5) is 28.3. The maximum absolute atomic E-state index is 12.8. The van der Waals surface area contributed by atoms with Gasteiger partial charge in [-0.05, 0) is 48.0 Å². The Labute approximate surface area is 175 Å². The number of nitrogens with zero attached hydrogens (tertiary/aromatic N) is 1. The van der Waals surface area contributed by atoms with Gasteiger partial charge in [0.2, 0.25) is 0 Å². The van der Waals surface area contributed by atoms with Crippen LogP contribution in [0, 0.1) is 0 Å². The van der Waals surface area contributed by atoms with E-state index in [9.17, 15) is 22.8 Å². The van der Waals surface area contributed by atoms with E-state index in [1.165, 1.54) is 12.1 Å². The number of hydrogen-bond acceptors (Lipinski definition) is 4. The quantitative estimate of drug-likeness (QED) is 0.531. The number of para-hydroxylation sites is 1. The molecule has 0 aliphatic carbocycles. The molecule has 31 heavy (non-hydrogen) atoms. The third-order valence-electron chi connectivity index (χ3n) is 4.01. The van der Waals surface area contributed by atoms with Crippen LogP contribution in [0.5, 0.6) is 5.75 Å². The van der Waals surface area contributed by atoms with Gasteiger partial charge in [-0.3, -0.25) is 15.2 Å². The Kier molecular flexibility index (Phi) is 6.71. The molecule has 0 aliphatic rings. The summed E-state index contributed by atoms with van der Waals surface area (Å²) in [5, 5.41) is 2.22. The summed E-state index contributed by atoms with van der Waals surface area (Å²) in [5.74, 6) is -0.374. The predicted octanol–water partition coefficient (Wildman–Crippen LogP) is 4.15. The summed E-state index contributed by atoms with van der Waals surface area (Å²) in [7, 11) is 0. The maximum Gasteiger partial charge on any atom is 0.416 e. The van der Waals surface area contributed by atoms with Gasteiger partial charge in [-0.2, -0.15) is 13.2 Å². The number of amides is 3. The van der Waals surface area contributed by atoms with E-state index in [0.29, 0.717) is 0 Å². The second-order valence-corrected chi connectivity index (χ2v) is 6.25. The van der Waals surface area contributed by atoms with Gasteiger partial charge < -0.3 is 10.1 Å². The van der Waals surface area contributed by atoms with Crippen LogP contribution >= 0.6 is 0 Å². The molecule has 1 heterocycles. The van der Waals surface area contributed by atoms with Gasteiger partial charge in [-0.25, -0.2) is 10.2 Å². The first kappa shape index (κ1) is 21.6. The molecule has 2 aromatic carbocycles. The highest BCUT2D eigenvalue weighted by Crippen LogP contribution is 2.30. The summed E-state index contributed by atoms with van der Waals surface area (Å²) in [6, 6.07) is 13.1. The van der Waals surface area contributed by atoms with Crippen LogP contribution in [0.2, 0.25) is 0 Å². The number of carbonyl (C=O) groups is 2. The van der Waals surface area contributed by atoms with E-state index in [2.05, 4.69) is 21.2 Å². The molecular formula is C21H17F3N4O3. The smallest absolute Gasteiger partial charge is 0.416 e. The number of rotatable bonds is 5. The molecular weight excluding hydrogens is 413 g/mol. The van der Waals surface area contributed by atoms with Crippen LogP contribution in [-0.4, -0.2) is 16.9 Å². The molecule has 0 unspecified atom stereocenters. The third-order valence-corrected chi connectivity index (χ3v) is 4.01. The molecule has 3 aromatic rings. The molecule has 0 fully saturated rings. The highest BCUT2D eigenvalue weighted by Gasteiger charge is 2.30. The number of anilines is 1. The molecule has 1 aromatic heterocycles. The van der Waals surface area contributed by atoms with Crippen molar-refractivity contribution in [3.8, 4) is 5.75 Å². The number of carbonyl (C=O) groups excluding carboxylic acids is 2. The molecule has 0 aliphatic heterocycles. The van der Waals surface area contributed by atoms with Crippen LogP contribution in [0.25, 0.3) is 0 Å². The van der Waals surface area contributed by atoms with E-state index in [0.717, 1.165) is 23.8 Å². The Hall–Kier alpha value is -4.08. The first-order valence-electron chi connectivity index (χ1n) is 8.98. The van der Waals surface area contributed by atoms with Crippen molar-refractivity contribution < 1.29 is 27.5 Å². The number of ether oxygens (including phenoxy) is 1. The Morgan fingerprint density at radius 3 is 2.42 bits per heavy atom. The number of benzene rings is 2. The summed E-state index contributed by atoms with van der Waals surface area (Å²) >= 11 is 0. The van der Waals surface area contributed by atoms with Crippen LogP contribution in [-0.2, 0) is 12.8 Å². The number of halogens is 3. The zero-order chi connectivity index (χ0) is 22.3. The summed E-state index contributed by atoms with van der Waals surface area (Å²) < 4.78 is 43.9. The first-order valence-corrected chi connectivity index (χ1v) is 8.98. The molecule has 0 saturated heterocycles. The van der Waals surface area contributed by atoms with Crippen molar-refractivity contribution in [2.24, 2.45) is 0 Å². The van der Waals surface area contributed by atoms with Crippen molar-refractivity contribution in [2.75, 3.05) is 5.32 Å². The molecule has 0 spiro atoms. The van der Waals surface area contributed by atoms with Gasteiger partial charge in [-0.1, -0.05) is 18.2 Å². The summed E-state index contributed by atoms with van der Waals surface area (Å²) in [6.07, 6.45) is -1.31. The minimum absolute atomic E-state index is 0.0809. The fourth-order valence-corrected chi connectivity index (χ4v) is 2.54. The van der Waals surface area contributed by atoms with Crippen molar-refractivity contribution in [3.05, 3.63) is 89.7 Å². The molecule has 10 heteroatoms. The minimum Gasteiger partial charge on any atom is -0.488 e. The highest BCUT2D eigenvalue weighted by atomic mass is 19.4. The number of hydrazine groups is 1. The number of pyridine rings is 1. The van der Waals surface area contributed by atoms with Gasteiger partial charge in [0.05, 0.1) is 11.1 Å². The van der Waals surface area contributed by atoms with E-state index in [1.54, 1.807) is 42.7 Å². The molecule has 7 nitrogen and oxygen atoms in total. The number of aromatic nitrogens is 1. The second-order valence-electron chi connectivity index (χ2n) is 6.25. The molecule has 3 amide bonds. The molecule has 3 rings (SSSR count). The van der Waals surface area contributed by atoms with Crippen molar-refractivity contribution >= 4 is 17.6 Å². The minimum atomic E-state index is -4.54. The van der Waals surface area contributed by atoms with E-state index in [4.69, 9.17) is 4.74 Å². The van der Waals surface area contributed by atoms with Gasteiger partial charge in [0, 0.05) is 18.1 Å². The van der Waals surface area contributed by atoms with E-state index < -0.39 is 23.7 Å². The van der Waals surface area contributed by atoms with Crippen molar-refractivity contribution in [1.29, 1.82) is 0 Å². The molecule has 0 atom stereocenters. The average molecular weight is 430 g/mol. The Balaban J connectivity index is 1.58. The van der Waals surface area contributed by atoms with Crippen molar-refractivity contribution in [3.63, 3.8) is 0 Å². The lowest BCUT2D eigenvalue weighted by atomic mass is 10.2. The summed E-state index contributed by atoms with van der Waals surface area (Å²) in [5.41, 5.74) is 4.31. The maximum atomic E-state index is 12.8. The fraction of sp³-hybridized carbons (Fsp3) is 0.0952. The van der Waals surface area contributed by atoms with Gasteiger partial charge in [0.1, 0.15) is 12.4 Å². The number of urea groups is 1. The first-order chi connectivity index (χ1) is 14.8. The van der Waals surface area contributed by atoms with E-state index in [-0.39, 0.29) is 23.6 Å². The van der Waals surface area contributed by atoms with Crippen molar-refractivity contribution in [1.82, 2.24) is 15.8 Å². The van der Waals surface area contributed by atoms with Crippen LogP contribution < -0.4 is 20.9 Å². The largest absolute Gasteiger partial charge is 0.488 e. The van der Waals surface area contributed by atoms with Gasteiger partial charge in [0.15, 0.2) is 0 Å². The monoisotopic (exact) mass is 430 g/mol. The van der Waals surface area contributed by atoms with Crippen molar-refractivity contribution in [2.45, 2.75) is 12.8 Å². The third kappa shape index (κ3) is 6.20. The van der Waals surface area contributed by atoms with Crippen LogP contribution in [0.15, 0.2) is 73.1 Å². The lowest BCUT2D eigenvalue weighted by Gasteiger charge is -2.13. The fourth-order valence-electron chi connectivity index (χ4n) is 2.54. The van der Waals surface area contributed by atoms with Crippen LogP contribution in [0.4, 0.5) is 23.7 Å². The number of hydrogen-bond donors (Lipinski definition) is 3. The normalized spacial score (nSPS) is 10.8. The van der Waals surface area contributed by atoms with E-state index in [1.807, 2.05) is 0 Å². The second kappa shape index (κ2) is 9.61. The summed E-state index contributed by atoms with van der Waals surface area (Å²) in [6.45, 7) is 0.205. The van der Waals surface area contributed by atoms with Gasteiger partial charge in [-0.15, -0.1) is 0 Å². The lowest BCUT2D eigenvalue weighted by Crippen LogP contribution is -2.44. The molecule has 3 N–H and O–H groups in total. The van der Waals surface area contributed by atoms with Crippen LogP contribution in [0.3, 0.4) is 0 Å². The lowest BCUT2D eigenvalue weighted by molar-refractivity contribution is -0.137. The number of alkyl halides is 3. The van der Waals surface area contributed by atoms with Crippen LogP contribution in [0.1, 0.15) is 21.5 Å². The topological polar surface area (TPSA) is 92.4 Å². The zero-order valence-electron chi connectivity index (χ0n) is 15.9. The van der Waals surface area contributed by atoms with Gasteiger partial charge in [0.25, 0.3) is 5.91 Å². The molecule has 0 bridgehead atoms. The SMILES string of the molecule is O=C(NNC(=O)c1ccccc1OCc1ccncc1)Nc1cccc(C(F)(F)F)c1. The molecule has 160 valence electrons. The Morgan fingerprint density at radius 2 is 1.68 bits per heavy atom. The van der Waals surface area contributed by atoms with E-state index >= 15 is 0 Å². The zero-order valence-corrected chi connectivity index (χ0v) is 15.9. The molecule has 0 radical (unpaired) electrons. The molecule has 0 saturated carbocycles. The predicted molar refractivity (Wildman–Crippen MR) is 106 cm³/mol. The average Bonchev–Trinajstić information content (AvgIpc) is 2.76. The van der Waals surface area contributed by atoms with Gasteiger partial charge >= 0.3 is 12.2 Å². The Morgan fingerprint density at radius 1 is 0.935 bits per heavy atom. The highest BCUT2D eigenvalue weighted by molar-refractivity contribution is 5.99. The number of nitrogens with one attached hydrogen (secondary N) is 3. The Bertz CT molecular complexity index is 1060. The standard InChI is InChI=1S/C21H17F3N4O3/c22-21(23,24)15-4-3-5-16(12-15)26-20(30)28-27-19(29)17-6-1-2-7-18(17)31-13-14-8-10-25-11-9-14/h1-12H,13H2,(H,27,29)(H2,26,28,30).